The van der Waals surface area contributed by atoms with Crippen LogP contribution in [0.15, 0.2) is 24.4 Å². The number of hydrogen-bond donors (Lipinski definition) is 1. The Morgan fingerprint density at radius 1 is 1.38 bits per heavy atom. The molecule has 0 bridgehead atoms. The zero-order valence-electron chi connectivity index (χ0n) is 9.02. The van der Waals surface area contributed by atoms with E-state index < -0.39 is 4.92 Å². The van der Waals surface area contributed by atoms with Gasteiger partial charge in [0.05, 0.1) is 0 Å². The van der Waals surface area contributed by atoms with Crippen LogP contribution >= 0.6 is 0 Å². The topological polar surface area (TPSA) is 71.8 Å². The van der Waals surface area contributed by atoms with Crippen molar-refractivity contribution in [3.8, 4) is 11.4 Å². The lowest BCUT2D eigenvalue weighted by Crippen LogP contribution is -1.89. The molecule has 0 radical (unpaired) electrons. The molecule has 82 valence electrons. The molecule has 0 amide bonds. The molecule has 1 N–H and O–H groups in total. The van der Waals surface area contributed by atoms with Crippen LogP contribution in [-0.2, 0) is 0 Å². The molecule has 0 spiro atoms. The zero-order valence-corrected chi connectivity index (χ0v) is 9.02. The van der Waals surface area contributed by atoms with Crippen LogP contribution in [0.25, 0.3) is 11.4 Å². The van der Waals surface area contributed by atoms with Crippen LogP contribution in [0, 0.1) is 24.0 Å². The smallest absolute Gasteiger partial charge is 0.340 e. The lowest BCUT2D eigenvalue weighted by molar-refractivity contribution is -0.389. The van der Waals surface area contributed by atoms with E-state index in [0.717, 1.165) is 16.7 Å². The summed E-state index contributed by atoms with van der Waals surface area (Å²) in [4.78, 5) is 16.7. The number of aromatic nitrogens is 2. The van der Waals surface area contributed by atoms with Crippen molar-refractivity contribution < 1.29 is 4.92 Å². The summed E-state index contributed by atoms with van der Waals surface area (Å²) in [7, 11) is 0. The molecule has 2 aromatic rings. The number of imidazole rings is 1. The first-order valence-electron chi connectivity index (χ1n) is 4.85. The number of nitrogens with one attached hydrogen (secondary N) is 1. The summed E-state index contributed by atoms with van der Waals surface area (Å²) < 4.78 is 0. The fourth-order valence-corrected chi connectivity index (χ4v) is 1.62. The normalized spacial score (nSPS) is 10.4. The zero-order chi connectivity index (χ0) is 11.7. The molecule has 5 heteroatoms. The summed E-state index contributed by atoms with van der Waals surface area (Å²) in [6.07, 6.45) is 1.23. The Bertz CT molecular complexity index is 546. The van der Waals surface area contributed by atoms with Crippen LogP contribution in [0.4, 0.5) is 5.82 Å². The van der Waals surface area contributed by atoms with Gasteiger partial charge >= 0.3 is 5.82 Å². The van der Waals surface area contributed by atoms with Crippen LogP contribution < -0.4 is 0 Å². The molecule has 0 saturated heterocycles. The third-order valence-corrected chi connectivity index (χ3v) is 2.40. The maximum Gasteiger partial charge on any atom is 0.340 e. The third-order valence-electron chi connectivity index (χ3n) is 2.40. The fourth-order valence-electron chi connectivity index (χ4n) is 1.62. The van der Waals surface area contributed by atoms with Crippen molar-refractivity contribution >= 4 is 5.82 Å². The minimum Gasteiger partial charge on any atom is -0.358 e. The van der Waals surface area contributed by atoms with E-state index in [0.29, 0.717) is 5.82 Å². The molecular weight excluding hydrogens is 206 g/mol. The van der Waals surface area contributed by atoms with Crippen LogP contribution in [0.3, 0.4) is 0 Å². The third kappa shape index (κ3) is 1.79. The Labute approximate surface area is 92.3 Å². The van der Waals surface area contributed by atoms with Gasteiger partial charge in [-0.3, -0.25) is 0 Å². The quantitative estimate of drug-likeness (QED) is 0.620. The van der Waals surface area contributed by atoms with Gasteiger partial charge in [-0.25, -0.2) is 9.97 Å². The SMILES string of the molecule is Cc1ccc(-c2ncc([N+](=O)[O-])[nH]2)c(C)c1. The van der Waals surface area contributed by atoms with Crippen molar-refractivity contribution in [2.75, 3.05) is 0 Å². The average Bonchev–Trinajstić information content (AvgIpc) is 2.66. The fraction of sp³-hybridized carbons (Fsp3) is 0.182. The van der Waals surface area contributed by atoms with Gasteiger partial charge in [0.2, 0.25) is 5.82 Å². The number of benzene rings is 1. The number of aryl methyl sites for hydroxylation is 2. The van der Waals surface area contributed by atoms with Crippen LogP contribution in [0.5, 0.6) is 0 Å². The highest BCUT2D eigenvalue weighted by Gasteiger charge is 2.13. The molecule has 1 aromatic carbocycles. The Hall–Kier alpha value is -2.17. The van der Waals surface area contributed by atoms with Crippen molar-refractivity contribution in [3.63, 3.8) is 0 Å². The minimum atomic E-state index is -0.486. The lowest BCUT2D eigenvalue weighted by Gasteiger charge is -2.01. The van der Waals surface area contributed by atoms with Crippen molar-refractivity contribution in [2.24, 2.45) is 0 Å². The Kier molecular flexibility index (Phi) is 2.44. The maximum atomic E-state index is 10.5. The highest BCUT2D eigenvalue weighted by Crippen LogP contribution is 2.22. The molecule has 0 aliphatic carbocycles. The average molecular weight is 217 g/mol. The Balaban J connectivity index is 2.46. The van der Waals surface area contributed by atoms with Crippen LogP contribution in [0.1, 0.15) is 11.1 Å². The summed E-state index contributed by atoms with van der Waals surface area (Å²) in [6.45, 7) is 3.96. The van der Waals surface area contributed by atoms with Crippen LogP contribution in [0.2, 0.25) is 0 Å². The first-order chi connectivity index (χ1) is 7.58. The van der Waals surface area contributed by atoms with Gasteiger partial charge in [-0.2, -0.15) is 0 Å². The minimum absolute atomic E-state index is 0.0880. The number of hydrogen-bond acceptors (Lipinski definition) is 3. The molecular formula is C11H11N3O2. The van der Waals surface area contributed by atoms with E-state index in [4.69, 9.17) is 0 Å². The summed E-state index contributed by atoms with van der Waals surface area (Å²) in [5.41, 5.74) is 3.09. The molecule has 0 unspecified atom stereocenters. The molecule has 0 aliphatic rings. The predicted octanol–water partition coefficient (Wildman–Crippen LogP) is 2.60. The van der Waals surface area contributed by atoms with E-state index in [-0.39, 0.29) is 5.82 Å². The lowest BCUT2D eigenvalue weighted by atomic mass is 10.1. The summed E-state index contributed by atoms with van der Waals surface area (Å²) in [5.74, 6) is 0.444. The molecule has 1 aromatic heterocycles. The highest BCUT2D eigenvalue weighted by atomic mass is 16.6. The Morgan fingerprint density at radius 2 is 2.12 bits per heavy atom. The first-order valence-corrected chi connectivity index (χ1v) is 4.85. The number of aromatic amines is 1. The van der Waals surface area contributed by atoms with Gasteiger partial charge < -0.3 is 10.1 Å². The number of H-pyrrole nitrogens is 1. The van der Waals surface area contributed by atoms with Gasteiger partial charge in [0.15, 0.2) is 0 Å². The van der Waals surface area contributed by atoms with Gasteiger partial charge in [0.1, 0.15) is 6.20 Å². The monoisotopic (exact) mass is 217 g/mol. The number of rotatable bonds is 2. The largest absolute Gasteiger partial charge is 0.358 e. The Morgan fingerprint density at radius 3 is 2.69 bits per heavy atom. The number of nitro groups is 1. The molecule has 16 heavy (non-hydrogen) atoms. The maximum absolute atomic E-state index is 10.5. The standard InChI is InChI=1S/C11H11N3O2/c1-7-3-4-9(8(2)5-7)11-12-6-10(13-11)14(15)16/h3-6H,1-2H3,(H,12,13). The molecule has 0 aliphatic heterocycles. The second-order valence-electron chi connectivity index (χ2n) is 3.69. The van der Waals surface area contributed by atoms with E-state index >= 15 is 0 Å². The molecule has 2 rings (SSSR count). The molecule has 0 saturated carbocycles. The van der Waals surface area contributed by atoms with Gasteiger partial charge in [0.25, 0.3) is 0 Å². The number of nitrogens with zero attached hydrogens (tertiary/aromatic N) is 2. The summed E-state index contributed by atoms with van der Waals surface area (Å²) in [5, 5.41) is 10.5. The second kappa shape index (κ2) is 3.77. The molecule has 0 atom stereocenters. The van der Waals surface area contributed by atoms with Crippen molar-refractivity contribution in [2.45, 2.75) is 13.8 Å². The summed E-state index contributed by atoms with van der Waals surface area (Å²) >= 11 is 0. The van der Waals surface area contributed by atoms with Gasteiger partial charge in [-0.1, -0.05) is 17.7 Å². The van der Waals surface area contributed by atoms with E-state index in [1.54, 1.807) is 0 Å². The van der Waals surface area contributed by atoms with Crippen LogP contribution in [-0.4, -0.2) is 14.9 Å². The van der Waals surface area contributed by atoms with Gasteiger partial charge in [-0.05, 0) is 30.4 Å². The molecule has 1 heterocycles. The van der Waals surface area contributed by atoms with E-state index in [2.05, 4.69) is 9.97 Å². The molecule has 0 fully saturated rings. The highest BCUT2D eigenvalue weighted by molar-refractivity contribution is 5.61. The van der Waals surface area contributed by atoms with Gasteiger partial charge in [0, 0.05) is 5.56 Å². The second-order valence-corrected chi connectivity index (χ2v) is 3.69. The van der Waals surface area contributed by atoms with E-state index in [1.165, 1.54) is 6.20 Å². The van der Waals surface area contributed by atoms with Crippen molar-refractivity contribution in [3.05, 3.63) is 45.6 Å². The van der Waals surface area contributed by atoms with Crippen molar-refractivity contribution in [1.82, 2.24) is 9.97 Å². The van der Waals surface area contributed by atoms with E-state index in [1.807, 2.05) is 32.0 Å². The van der Waals surface area contributed by atoms with Crippen molar-refractivity contribution in [1.29, 1.82) is 0 Å². The first kappa shape index (κ1) is 10.4. The summed E-state index contributed by atoms with van der Waals surface area (Å²) in [6, 6.07) is 5.88. The van der Waals surface area contributed by atoms with E-state index in [9.17, 15) is 10.1 Å². The molecule has 5 nitrogen and oxygen atoms in total. The van der Waals surface area contributed by atoms with Gasteiger partial charge in [-0.15, -0.1) is 0 Å². The predicted molar refractivity (Wildman–Crippen MR) is 60.2 cm³/mol.